The predicted octanol–water partition coefficient (Wildman–Crippen LogP) is 4.62. The number of carbonyl (C=O) groups is 3. The van der Waals surface area contributed by atoms with Crippen LogP contribution in [0.4, 0.5) is 10.5 Å². The van der Waals surface area contributed by atoms with Crippen molar-refractivity contribution in [3.8, 4) is 0 Å². The van der Waals surface area contributed by atoms with Gasteiger partial charge in [0.2, 0.25) is 0 Å². The van der Waals surface area contributed by atoms with Crippen molar-refractivity contribution in [3.05, 3.63) is 65.0 Å². The van der Waals surface area contributed by atoms with Crippen LogP contribution in [0, 0.1) is 11.3 Å². The first-order valence-corrected chi connectivity index (χ1v) is 11.4. The number of rotatable bonds is 3. The zero-order valence-corrected chi connectivity index (χ0v) is 19.1. The van der Waals surface area contributed by atoms with Gasteiger partial charge in [-0.15, -0.1) is 0 Å². The van der Waals surface area contributed by atoms with Gasteiger partial charge in [0.25, 0.3) is 11.8 Å². The van der Waals surface area contributed by atoms with E-state index in [0.29, 0.717) is 23.3 Å². The molecule has 0 radical (unpaired) electrons. The molecular weight excluding hydrogens is 420 g/mol. The second-order valence-corrected chi connectivity index (χ2v) is 9.93. The van der Waals surface area contributed by atoms with E-state index in [0.717, 1.165) is 29.7 Å². The fraction of sp³-hybridized carbons (Fsp3) is 0.423. The first-order chi connectivity index (χ1) is 15.7. The maximum absolute atomic E-state index is 13.2. The number of allylic oxidation sites excluding steroid dienone is 1. The summed E-state index contributed by atoms with van der Waals surface area (Å²) in [5, 5.41) is 9.90. The van der Waals surface area contributed by atoms with Crippen LogP contribution in [-0.2, 0) is 14.3 Å². The fourth-order valence-corrected chi connectivity index (χ4v) is 6.01. The molecule has 0 spiro atoms. The lowest BCUT2D eigenvalue weighted by molar-refractivity contribution is -0.124. The fourth-order valence-electron chi connectivity index (χ4n) is 6.01. The number of ether oxygens (including phenoxy) is 1. The Balaban J connectivity index is 1.47. The molecule has 0 aromatic heterocycles. The summed E-state index contributed by atoms with van der Waals surface area (Å²) < 4.78 is 6.01. The molecule has 4 aliphatic rings. The van der Waals surface area contributed by atoms with Crippen LogP contribution in [0.15, 0.2) is 65.0 Å². The van der Waals surface area contributed by atoms with Gasteiger partial charge in [-0.3, -0.25) is 14.5 Å². The van der Waals surface area contributed by atoms with Crippen LogP contribution in [0.25, 0.3) is 0 Å². The molecule has 7 heteroatoms. The van der Waals surface area contributed by atoms with E-state index in [4.69, 9.17) is 4.74 Å². The SMILES string of the molecule is CC1=CC(OC=C2C(=O)N(C(=O)O)C3C4=C(CCCC4(C)C)CC23)N(c2ccccc2)C1=O. The Kier molecular flexibility index (Phi) is 4.96. The molecule has 5 rings (SSSR count). The molecule has 3 unspecified atom stereocenters. The summed E-state index contributed by atoms with van der Waals surface area (Å²) in [5.74, 6) is -0.933. The molecule has 3 atom stereocenters. The van der Waals surface area contributed by atoms with Gasteiger partial charge in [-0.1, -0.05) is 37.6 Å². The lowest BCUT2D eigenvalue weighted by atomic mass is 9.72. The number of hydrogen-bond donors (Lipinski definition) is 1. The predicted molar refractivity (Wildman–Crippen MR) is 122 cm³/mol. The van der Waals surface area contributed by atoms with Gasteiger partial charge in [-0.25, -0.2) is 9.69 Å². The minimum atomic E-state index is -1.23. The number of carboxylic acid groups (broad SMARTS) is 1. The van der Waals surface area contributed by atoms with E-state index >= 15 is 0 Å². The van der Waals surface area contributed by atoms with Gasteiger partial charge in [0.05, 0.1) is 17.9 Å². The van der Waals surface area contributed by atoms with Gasteiger partial charge in [-0.2, -0.15) is 0 Å². The van der Waals surface area contributed by atoms with Crippen molar-refractivity contribution in [1.82, 2.24) is 4.90 Å². The smallest absolute Gasteiger partial charge is 0.414 e. The van der Waals surface area contributed by atoms with Gasteiger partial charge in [0, 0.05) is 17.2 Å². The number of likely N-dealkylation sites (tertiary alicyclic amines) is 1. The van der Waals surface area contributed by atoms with Crippen LogP contribution < -0.4 is 4.90 Å². The number of fused-ring (bicyclic) bond motifs is 2. The van der Waals surface area contributed by atoms with Gasteiger partial charge in [-0.05, 0) is 61.8 Å². The Bertz CT molecular complexity index is 1130. The molecule has 2 aliphatic carbocycles. The maximum atomic E-state index is 13.2. The lowest BCUT2D eigenvalue weighted by Crippen LogP contribution is -2.42. The van der Waals surface area contributed by atoms with Crippen molar-refractivity contribution in [3.63, 3.8) is 0 Å². The molecule has 0 bridgehead atoms. The summed E-state index contributed by atoms with van der Waals surface area (Å²) in [6, 6.07) is 8.75. The van der Waals surface area contributed by atoms with Crippen molar-refractivity contribution >= 4 is 23.6 Å². The largest absolute Gasteiger partial charge is 0.474 e. The molecule has 1 fully saturated rings. The van der Waals surface area contributed by atoms with Crippen LogP contribution in [0.2, 0.25) is 0 Å². The first kappa shape index (κ1) is 21.5. The van der Waals surface area contributed by atoms with Crippen LogP contribution in [-0.4, -0.2) is 40.2 Å². The molecule has 0 saturated carbocycles. The minimum absolute atomic E-state index is 0.140. The van der Waals surface area contributed by atoms with Crippen molar-refractivity contribution in [2.75, 3.05) is 4.90 Å². The van der Waals surface area contributed by atoms with E-state index in [1.165, 1.54) is 11.8 Å². The maximum Gasteiger partial charge on any atom is 0.414 e. The molecule has 2 heterocycles. The second-order valence-electron chi connectivity index (χ2n) is 9.93. The summed E-state index contributed by atoms with van der Waals surface area (Å²) >= 11 is 0. The molecule has 172 valence electrons. The highest BCUT2D eigenvalue weighted by Gasteiger charge is 2.56. The number of benzene rings is 1. The zero-order valence-electron chi connectivity index (χ0n) is 19.1. The number of imide groups is 1. The molecule has 3 amide bonds. The van der Waals surface area contributed by atoms with Crippen molar-refractivity contribution in [1.29, 1.82) is 0 Å². The van der Waals surface area contributed by atoms with Crippen molar-refractivity contribution in [2.45, 2.75) is 58.7 Å². The van der Waals surface area contributed by atoms with E-state index in [9.17, 15) is 19.5 Å². The summed E-state index contributed by atoms with van der Waals surface area (Å²) in [6.07, 6.45) is 4.87. The van der Waals surface area contributed by atoms with Crippen LogP contribution in [0.5, 0.6) is 0 Å². The molecule has 1 aromatic carbocycles. The van der Waals surface area contributed by atoms with E-state index in [1.807, 2.05) is 30.3 Å². The molecule has 1 aromatic rings. The van der Waals surface area contributed by atoms with Crippen LogP contribution in [0.3, 0.4) is 0 Å². The molecule has 1 N–H and O–H groups in total. The summed E-state index contributed by atoms with van der Waals surface area (Å²) in [6.45, 7) is 6.01. The molecule has 33 heavy (non-hydrogen) atoms. The van der Waals surface area contributed by atoms with E-state index in [2.05, 4.69) is 13.8 Å². The Labute approximate surface area is 193 Å². The Morgan fingerprint density at radius 2 is 1.91 bits per heavy atom. The quantitative estimate of drug-likeness (QED) is 0.414. The highest BCUT2D eigenvalue weighted by molar-refractivity contribution is 6.08. The zero-order chi connectivity index (χ0) is 23.5. The molecule has 1 saturated heterocycles. The number of nitrogens with zero attached hydrogens (tertiary/aromatic N) is 2. The Hall–Kier alpha value is -3.35. The van der Waals surface area contributed by atoms with Gasteiger partial charge >= 0.3 is 6.09 Å². The topological polar surface area (TPSA) is 87.2 Å². The first-order valence-electron chi connectivity index (χ1n) is 11.4. The van der Waals surface area contributed by atoms with E-state index in [-0.39, 0.29) is 17.2 Å². The Morgan fingerprint density at radius 3 is 2.61 bits per heavy atom. The summed E-state index contributed by atoms with van der Waals surface area (Å²) in [5.41, 5.74) is 3.87. The lowest BCUT2D eigenvalue weighted by Gasteiger charge is -2.37. The summed E-state index contributed by atoms with van der Waals surface area (Å²) in [7, 11) is 0. The average molecular weight is 449 g/mol. The monoisotopic (exact) mass is 448 g/mol. The highest BCUT2D eigenvalue weighted by atomic mass is 16.5. The number of carbonyl (C=O) groups excluding carboxylic acids is 2. The molecule has 2 aliphatic heterocycles. The third-order valence-electron chi connectivity index (χ3n) is 7.46. The van der Waals surface area contributed by atoms with Crippen LogP contribution in [0.1, 0.15) is 46.5 Å². The third kappa shape index (κ3) is 3.29. The number of para-hydroxylation sites is 1. The molecular formula is C26H28N2O5. The second kappa shape index (κ2) is 7.61. The molecule has 7 nitrogen and oxygen atoms in total. The number of amides is 3. The third-order valence-corrected chi connectivity index (χ3v) is 7.46. The van der Waals surface area contributed by atoms with Crippen molar-refractivity contribution < 1.29 is 24.2 Å². The highest BCUT2D eigenvalue weighted by Crippen LogP contribution is 2.55. The Morgan fingerprint density at radius 1 is 1.18 bits per heavy atom. The van der Waals surface area contributed by atoms with E-state index in [1.54, 1.807) is 17.9 Å². The number of anilines is 1. The normalized spacial score (nSPS) is 29.5. The number of hydrogen-bond acceptors (Lipinski definition) is 4. The average Bonchev–Trinajstić information content (AvgIpc) is 3.35. The minimum Gasteiger partial charge on any atom is -0.474 e. The van der Waals surface area contributed by atoms with Crippen LogP contribution >= 0.6 is 0 Å². The van der Waals surface area contributed by atoms with Gasteiger partial charge in [0.1, 0.15) is 0 Å². The van der Waals surface area contributed by atoms with E-state index < -0.39 is 24.3 Å². The van der Waals surface area contributed by atoms with Gasteiger partial charge in [0.15, 0.2) is 6.23 Å². The summed E-state index contributed by atoms with van der Waals surface area (Å²) in [4.78, 5) is 40.6. The van der Waals surface area contributed by atoms with Crippen molar-refractivity contribution in [2.24, 2.45) is 11.3 Å². The van der Waals surface area contributed by atoms with Gasteiger partial charge < -0.3 is 9.84 Å². The standard InChI is InChI=1S/C26H28N2O5/c1-15-12-20(27(23(15)29)17-9-5-4-6-10-17)33-14-19-18-13-16-8-7-11-26(2,3)21(16)22(18)28(24(19)30)25(31)32/h4-6,9-10,12,14,18,20,22H,7-8,11,13H2,1-3H3,(H,31,32).